The van der Waals surface area contributed by atoms with E-state index in [2.05, 4.69) is 38.2 Å². The largest absolute Gasteiger partial charge is 0.493 e. The zero-order valence-corrected chi connectivity index (χ0v) is 14.1. The molecule has 0 aliphatic heterocycles. The Labute approximate surface area is 131 Å². The van der Waals surface area contributed by atoms with Crippen LogP contribution in [0.15, 0.2) is 24.3 Å². The molecule has 0 fully saturated rings. The highest BCUT2D eigenvalue weighted by Crippen LogP contribution is 2.25. The number of nitrogens with one attached hydrogen (secondary N) is 1. The highest BCUT2D eigenvalue weighted by Gasteiger charge is 2.13. The Morgan fingerprint density at radius 2 is 1.95 bits per heavy atom. The SMILES string of the molecule is CNCc1sc(CCOc2ccc(C)cc2)nc1C(C)C. The molecule has 0 saturated heterocycles. The molecule has 0 saturated carbocycles. The third-order valence-corrected chi connectivity index (χ3v) is 4.39. The van der Waals surface area contributed by atoms with Gasteiger partial charge in [-0.25, -0.2) is 4.98 Å². The molecule has 4 heteroatoms. The average Bonchev–Trinajstić information content (AvgIpc) is 2.85. The monoisotopic (exact) mass is 304 g/mol. The molecule has 0 bridgehead atoms. The van der Waals surface area contributed by atoms with Crippen molar-refractivity contribution in [1.29, 1.82) is 0 Å². The molecule has 0 spiro atoms. The Kier molecular flexibility index (Phi) is 5.76. The number of nitrogens with zero attached hydrogens (tertiary/aromatic N) is 1. The molecule has 2 rings (SSSR count). The van der Waals surface area contributed by atoms with Crippen LogP contribution in [0, 0.1) is 6.92 Å². The molecule has 21 heavy (non-hydrogen) atoms. The second-order valence-electron chi connectivity index (χ2n) is 5.51. The summed E-state index contributed by atoms with van der Waals surface area (Å²) in [4.78, 5) is 6.12. The molecule has 114 valence electrons. The van der Waals surface area contributed by atoms with Crippen LogP contribution in [0.5, 0.6) is 5.75 Å². The molecule has 1 heterocycles. The van der Waals surface area contributed by atoms with E-state index >= 15 is 0 Å². The molecule has 1 aromatic heterocycles. The minimum absolute atomic E-state index is 0.469. The van der Waals surface area contributed by atoms with Gasteiger partial charge >= 0.3 is 0 Å². The first-order chi connectivity index (χ1) is 10.1. The van der Waals surface area contributed by atoms with Gasteiger partial charge in [-0.2, -0.15) is 0 Å². The quantitative estimate of drug-likeness (QED) is 0.842. The normalized spacial score (nSPS) is 11.1. The fourth-order valence-corrected chi connectivity index (χ4v) is 3.37. The predicted octanol–water partition coefficient (Wildman–Crippen LogP) is 3.92. The van der Waals surface area contributed by atoms with Crippen molar-refractivity contribution in [3.05, 3.63) is 45.4 Å². The van der Waals surface area contributed by atoms with Crippen LogP contribution in [0.4, 0.5) is 0 Å². The van der Waals surface area contributed by atoms with Crippen molar-refractivity contribution in [2.75, 3.05) is 13.7 Å². The lowest BCUT2D eigenvalue weighted by Gasteiger charge is -2.05. The molecule has 1 N–H and O–H groups in total. The summed E-state index contributed by atoms with van der Waals surface area (Å²) in [6.45, 7) is 8.04. The summed E-state index contributed by atoms with van der Waals surface area (Å²) in [6.07, 6.45) is 0.863. The Morgan fingerprint density at radius 3 is 2.57 bits per heavy atom. The molecule has 2 aromatic rings. The second kappa shape index (κ2) is 7.57. The molecule has 0 aliphatic carbocycles. The van der Waals surface area contributed by atoms with E-state index in [1.54, 1.807) is 11.3 Å². The zero-order valence-electron chi connectivity index (χ0n) is 13.3. The van der Waals surface area contributed by atoms with Gasteiger partial charge in [-0.1, -0.05) is 31.5 Å². The van der Waals surface area contributed by atoms with E-state index in [1.165, 1.54) is 16.1 Å². The first-order valence-corrected chi connectivity index (χ1v) is 8.24. The summed E-state index contributed by atoms with van der Waals surface area (Å²) in [6, 6.07) is 8.17. The molecule has 0 amide bonds. The first kappa shape index (κ1) is 16.0. The van der Waals surface area contributed by atoms with Crippen LogP contribution in [0.2, 0.25) is 0 Å². The molecule has 0 radical (unpaired) electrons. The number of hydrogen-bond acceptors (Lipinski definition) is 4. The lowest BCUT2D eigenvalue weighted by Crippen LogP contribution is -2.06. The van der Waals surface area contributed by atoms with Crippen LogP contribution in [0.3, 0.4) is 0 Å². The maximum Gasteiger partial charge on any atom is 0.119 e. The second-order valence-corrected chi connectivity index (χ2v) is 6.68. The van der Waals surface area contributed by atoms with E-state index in [4.69, 9.17) is 9.72 Å². The van der Waals surface area contributed by atoms with Gasteiger partial charge in [-0.3, -0.25) is 0 Å². The van der Waals surface area contributed by atoms with Crippen LogP contribution in [-0.4, -0.2) is 18.6 Å². The summed E-state index contributed by atoms with van der Waals surface area (Å²) >= 11 is 1.80. The maximum absolute atomic E-state index is 5.79. The fourth-order valence-electron chi connectivity index (χ4n) is 2.15. The summed E-state index contributed by atoms with van der Waals surface area (Å²) in [5.41, 5.74) is 2.47. The van der Waals surface area contributed by atoms with E-state index in [0.717, 1.165) is 23.7 Å². The maximum atomic E-state index is 5.79. The van der Waals surface area contributed by atoms with Gasteiger partial charge in [-0.15, -0.1) is 11.3 Å². The van der Waals surface area contributed by atoms with Crippen LogP contribution in [0.1, 0.15) is 40.9 Å². The molecule has 1 aromatic carbocycles. The highest BCUT2D eigenvalue weighted by molar-refractivity contribution is 7.11. The summed E-state index contributed by atoms with van der Waals surface area (Å²) in [5.74, 6) is 1.40. The van der Waals surface area contributed by atoms with E-state index in [1.807, 2.05) is 19.2 Å². The standard InChI is InChI=1S/C17H24N2OS/c1-12(2)17-15(11-18-4)21-16(19-17)9-10-20-14-7-5-13(3)6-8-14/h5-8,12,18H,9-11H2,1-4H3. The number of thiazole rings is 1. The number of aryl methyl sites for hydroxylation is 1. The van der Waals surface area contributed by atoms with Crippen LogP contribution in [-0.2, 0) is 13.0 Å². The Bertz CT molecular complexity index is 561. The van der Waals surface area contributed by atoms with E-state index in [0.29, 0.717) is 12.5 Å². The minimum Gasteiger partial charge on any atom is -0.493 e. The minimum atomic E-state index is 0.469. The molecule has 0 atom stereocenters. The third-order valence-electron chi connectivity index (χ3n) is 3.26. The van der Waals surface area contributed by atoms with Gasteiger partial charge in [0.2, 0.25) is 0 Å². The smallest absolute Gasteiger partial charge is 0.119 e. The number of ether oxygens (including phenoxy) is 1. The van der Waals surface area contributed by atoms with Gasteiger partial charge in [0.1, 0.15) is 5.75 Å². The van der Waals surface area contributed by atoms with Gasteiger partial charge in [0.15, 0.2) is 0 Å². The van der Waals surface area contributed by atoms with Crippen LogP contribution >= 0.6 is 11.3 Å². The van der Waals surface area contributed by atoms with Crippen LogP contribution in [0.25, 0.3) is 0 Å². The first-order valence-electron chi connectivity index (χ1n) is 7.42. The van der Waals surface area contributed by atoms with Gasteiger partial charge in [0.05, 0.1) is 17.3 Å². The van der Waals surface area contributed by atoms with Gasteiger partial charge in [-0.05, 0) is 32.0 Å². The summed E-state index contributed by atoms with van der Waals surface area (Å²) < 4.78 is 5.79. The van der Waals surface area contributed by atoms with Crippen molar-refractivity contribution < 1.29 is 4.74 Å². The van der Waals surface area contributed by atoms with Gasteiger partial charge in [0.25, 0.3) is 0 Å². The van der Waals surface area contributed by atoms with Crippen molar-refractivity contribution in [2.24, 2.45) is 0 Å². The van der Waals surface area contributed by atoms with Gasteiger partial charge in [0, 0.05) is 17.8 Å². The Morgan fingerprint density at radius 1 is 1.24 bits per heavy atom. The lowest BCUT2D eigenvalue weighted by molar-refractivity contribution is 0.321. The van der Waals surface area contributed by atoms with Crippen molar-refractivity contribution in [3.8, 4) is 5.75 Å². The predicted molar refractivity (Wildman–Crippen MR) is 89.3 cm³/mol. The van der Waals surface area contributed by atoms with E-state index < -0.39 is 0 Å². The topological polar surface area (TPSA) is 34.1 Å². The third kappa shape index (κ3) is 4.55. The van der Waals surface area contributed by atoms with Crippen molar-refractivity contribution in [3.63, 3.8) is 0 Å². The molecular weight excluding hydrogens is 280 g/mol. The van der Waals surface area contributed by atoms with E-state index in [-0.39, 0.29) is 0 Å². The number of aromatic nitrogens is 1. The Hall–Kier alpha value is -1.39. The molecule has 3 nitrogen and oxygen atoms in total. The molecular formula is C17H24N2OS. The van der Waals surface area contributed by atoms with Gasteiger partial charge < -0.3 is 10.1 Å². The van der Waals surface area contributed by atoms with Crippen molar-refractivity contribution >= 4 is 11.3 Å². The number of hydrogen-bond donors (Lipinski definition) is 1. The fraction of sp³-hybridized carbons (Fsp3) is 0.471. The lowest BCUT2D eigenvalue weighted by atomic mass is 10.1. The molecule has 0 aliphatic rings. The highest BCUT2D eigenvalue weighted by atomic mass is 32.1. The number of benzene rings is 1. The van der Waals surface area contributed by atoms with Crippen molar-refractivity contribution in [2.45, 2.75) is 39.7 Å². The van der Waals surface area contributed by atoms with Crippen LogP contribution < -0.4 is 10.1 Å². The number of rotatable bonds is 7. The average molecular weight is 304 g/mol. The summed E-state index contributed by atoms with van der Waals surface area (Å²) in [7, 11) is 1.98. The summed E-state index contributed by atoms with van der Waals surface area (Å²) in [5, 5.41) is 4.38. The van der Waals surface area contributed by atoms with E-state index in [9.17, 15) is 0 Å². The molecule has 0 unspecified atom stereocenters. The zero-order chi connectivity index (χ0) is 15.2. The Balaban J connectivity index is 1.93. The van der Waals surface area contributed by atoms with Crippen molar-refractivity contribution in [1.82, 2.24) is 10.3 Å².